The third-order valence-corrected chi connectivity index (χ3v) is 2.48. The van der Waals surface area contributed by atoms with Crippen LogP contribution in [0.1, 0.15) is 24.2 Å². The number of nitrogens with zero attached hydrogens (tertiary/aromatic N) is 1. The van der Waals surface area contributed by atoms with Gasteiger partial charge in [0.25, 0.3) is 0 Å². The first kappa shape index (κ1) is 11.7. The van der Waals surface area contributed by atoms with Crippen molar-refractivity contribution < 1.29 is 9.53 Å². The molecule has 2 aromatic rings. The van der Waals surface area contributed by atoms with Crippen LogP contribution in [0.2, 0.25) is 0 Å². The summed E-state index contributed by atoms with van der Waals surface area (Å²) in [7, 11) is 0. The molecule has 3 heteroatoms. The van der Waals surface area contributed by atoms with E-state index in [-0.39, 0.29) is 18.5 Å². The number of ether oxygens (including phenoxy) is 1. The van der Waals surface area contributed by atoms with Crippen LogP contribution in [0.5, 0.6) is 0 Å². The van der Waals surface area contributed by atoms with E-state index in [0.29, 0.717) is 5.56 Å². The Kier molecular flexibility index (Phi) is 3.49. The number of rotatable bonds is 4. The molecule has 17 heavy (non-hydrogen) atoms. The van der Waals surface area contributed by atoms with Crippen LogP contribution in [0.4, 0.5) is 0 Å². The van der Waals surface area contributed by atoms with Gasteiger partial charge in [-0.3, -0.25) is 9.78 Å². The molecular weight excluding hydrogens is 214 g/mol. The van der Waals surface area contributed by atoms with E-state index < -0.39 is 0 Å². The molecule has 0 spiro atoms. The van der Waals surface area contributed by atoms with Crippen LogP contribution in [0.3, 0.4) is 0 Å². The fraction of sp³-hybridized carbons (Fsp3) is 0.286. The zero-order valence-corrected chi connectivity index (χ0v) is 10.0. The van der Waals surface area contributed by atoms with Gasteiger partial charge in [-0.2, -0.15) is 0 Å². The Hall–Kier alpha value is -1.74. The number of pyridine rings is 1. The van der Waals surface area contributed by atoms with Crippen molar-refractivity contribution in [3.05, 3.63) is 42.1 Å². The number of ketones is 1. The quantitative estimate of drug-likeness (QED) is 0.757. The number of benzene rings is 1. The largest absolute Gasteiger partial charge is 0.371 e. The average molecular weight is 229 g/mol. The van der Waals surface area contributed by atoms with Crippen molar-refractivity contribution in [3.63, 3.8) is 0 Å². The molecule has 2 rings (SSSR count). The number of carbonyl (C=O) groups excluding carboxylic acids is 1. The van der Waals surface area contributed by atoms with Gasteiger partial charge >= 0.3 is 0 Å². The van der Waals surface area contributed by atoms with Crippen LogP contribution < -0.4 is 0 Å². The second-order valence-electron chi connectivity index (χ2n) is 4.19. The molecule has 0 aliphatic heterocycles. The van der Waals surface area contributed by atoms with Crippen LogP contribution in [0.15, 0.2) is 36.5 Å². The summed E-state index contributed by atoms with van der Waals surface area (Å²) in [6.07, 6.45) is 1.79. The highest BCUT2D eigenvalue weighted by Gasteiger charge is 2.08. The highest BCUT2D eigenvalue weighted by molar-refractivity contribution is 6.00. The summed E-state index contributed by atoms with van der Waals surface area (Å²) in [5.74, 6) is -0.00810. The SMILES string of the molecule is CC(C)OCC(=O)c1ccc2cccnc2c1. The first-order valence-corrected chi connectivity index (χ1v) is 5.66. The lowest BCUT2D eigenvalue weighted by Crippen LogP contribution is -2.13. The molecule has 0 amide bonds. The molecule has 1 aromatic carbocycles. The van der Waals surface area contributed by atoms with E-state index in [1.54, 1.807) is 12.3 Å². The van der Waals surface area contributed by atoms with Gasteiger partial charge in [0.1, 0.15) is 6.61 Å². The van der Waals surface area contributed by atoms with Crippen LogP contribution in [-0.2, 0) is 4.74 Å². The maximum Gasteiger partial charge on any atom is 0.188 e. The monoisotopic (exact) mass is 229 g/mol. The second-order valence-corrected chi connectivity index (χ2v) is 4.19. The van der Waals surface area contributed by atoms with Crippen molar-refractivity contribution in [1.29, 1.82) is 0 Å². The molecule has 1 aromatic heterocycles. The molecule has 0 aliphatic carbocycles. The Balaban J connectivity index is 2.21. The molecule has 0 atom stereocenters. The van der Waals surface area contributed by atoms with Crippen LogP contribution in [0.25, 0.3) is 10.9 Å². The average Bonchev–Trinajstić information content (AvgIpc) is 2.35. The third kappa shape index (κ3) is 2.88. The molecule has 0 saturated heterocycles. The summed E-state index contributed by atoms with van der Waals surface area (Å²) in [4.78, 5) is 16.1. The highest BCUT2D eigenvalue weighted by atomic mass is 16.5. The minimum absolute atomic E-state index is 0.00810. The zero-order valence-electron chi connectivity index (χ0n) is 10.0. The Labute approximate surface area is 100 Å². The lowest BCUT2D eigenvalue weighted by Gasteiger charge is -2.07. The lowest BCUT2D eigenvalue weighted by atomic mass is 10.1. The van der Waals surface area contributed by atoms with Gasteiger partial charge in [-0.05, 0) is 26.0 Å². The van der Waals surface area contributed by atoms with E-state index in [4.69, 9.17) is 4.74 Å². The summed E-state index contributed by atoms with van der Waals surface area (Å²) in [6, 6.07) is 9.38. The van der Waals surface area contributed by atoms with Gasteiger partial charge in [0.15, 0.2) is 5.78 Å². The van der Waals surface area contributed by atoms with E-state index >= 15 is 0 Å². The smallest absolute Gasteiger partial charge is 0.188 e. The molecular formula is C14H15NO2. The number of aromatic nitrogens is 1. The van der Waals surface area contributed by atoms with Crippen molar-refractivity contribution in [2.75, 3.05) is 6.61 Å². The minimum atomic E-state index is -0.00810. The lowest BCUT2D eigenvalue weighted by molar-refractivity contribution is 0.0585. The normalized spacial score (nSPS) is 11.0. The second kappa shape index (κ2) is 5.06. The fourth-order valence-electron chi connectivity index (χ4n) is 1.57. The predicted molar refractivity (Wildman–Crippen MR) is 67.2 cm³/mol. The maximum atomic E-state index is 11.8. The van der Waals surface area contributed by atoms with Gasteiger partial charge in [0.05, 0.1) is 11.6 Å². The van der Waals surface area contributed by atoms with Crippen molar-refractivity contribution in [2.24, 2.45) is 0 Å². The van der Waals surface area contributed by atoms with Crippen LogP contribution in [0, 0.1) is 0 Å². The topological polar surface area (TPSA) is 39.2 Å². The summed E-state index contributed by atoms with van der Waals surface area (Å²) in [6.45, 7) is 3.94. The van der Waals surface area contributed by atoms with Crippen LogP contribution >= 0.6 is 0 Å². The number of fused-ring (bicyclic) bond motifs is 1. The fourth-order valence-corrected chi connectivity index (χ4v) is 1.57. The van der Waals surface area contributed by atoms with Crippen molar-refractivity contribution in [2.45, 2.75) is 20.0 Å². The van der Waals surface area contributed by atoms with Gasteiger partial charge in [-0.1, -0.05) is 18.2 Å². The molecule has 88 valence electrons. The number of Topliss-reactive ketones (excluding diaryl/α,β-unsaturated/α-hetero) is 1. The molecule has 0 bridgehead atoms. The summed E-state index contributed by atoms with van der Waals surface area (Å²) in [5.41, 5.74) is 1.49. The minimum Gasteiger partial charge on any atom is -0.371 e. The summed E-state index contributed by atoms with van der Waals surface area (Å²) in [5, 5.41) is 1.04. The molecule has 0 N–H and O–H groups in total. The Morgan fingerprint density at radius 3 is 2.94 bits per heavy atom. The number of hydrogen-bond donors (Lipinski definition) is 0. The van der Waals surface area contributed by atoms with Gasteiger partial charge in [0, 0.05) is 17.1 Å². The molecule has 0 saturated carbocycles. The van der Waals surface area contributed by atoms with E-state index in [2.05, 4.69) is 4.98 Å². The number of hydrogen-bond acceptors (Lipinski definition) is 3. The van der Waals surface area contributed by atoms with Gasteiger partial charge < -0.3 is 4.74 Å². The summed E-state index contributed by atoms with van der Waals surface area (Å²) >= 11 is 0. The molecule has 0 radical (unpaired) electrons. The van der Waals surface area contributed by atoms with Crippen molar-refractivity contribution in [3.8, 4) is 0 Å². The highest BCUT2D eigenvalue weighted by Crippen LogP contribution is 2.13. The van der Waals surface area contributed by atoms with Crippen molar-refractivity contribution in [1.82, 2.24) is 4.98 Å². The Bertz CT molecular complexity index is 534. The van der Waals surface area contributed by atoms with Gasteiger partial charge in [-0.25, -0.2) is 0 Å². The van der Waals surface area contributed by atoms with Crippen LogP contribution in [-0.4, -0.2) is 23.5 Å². The Morgan fingerprint density at radius 1 is 1.35 bits per heavy atom. The van der Waals surface area contributed by atoms with E-state index in [0.717, 1.165) is 10.9 Å². The molecule has 0 aliphatic rings. The Morgan fingerprint density at radius 2 is 2.18 bits per heavy atom. The molecule has 0 unspecified atom stereocenters. The van der Waals surface area contributed by atoms with Gasteiger partial charge in [0.2, 0.25) is 0 Å². The maximum absolute atomic E-state index is 11.8. The van der Waals surface area contributed by atoms with E-state index in [1.807, 2.05) is 38.1 Å². The van der Waals surface area contributed by atoms with E-state index in [9.17, 15) is 4.79 Å². The third-order valence-electron chi connectivity index (χ3n) is 2.48. The first-order valence-electron chi connectivity index (χ1n) is 5.66. The van der Waals surface area contributed by atoms with Gasteiger partial charge in [-0.15, -0.1) is 0 Å². The number of carbonyl (C=O) groups is 1. The zero-order chi connectivity index (χ0) is 12.3. The predicted octanol–water partition coefficient (Wildman–Crippen LogP) is 2.84. The molecule has 1 heterocycles. The van der Waals surface area contributed by atoms with E-state index in [1.165, 1.54) is 0 Å². The standard InChI is InChI=1S/C14H15NO2/c1-10(2)17-9-14(16)12-6-5-11-4-3-7-15-13(11)8-12/h3-8,10H,9H2,1-2H3. The summed E-state index contributed by atoms with van der Waals surface area (Å²) < 4.78 is 5.30. The first-order chi connectivity index (χ1) is 8.16. The molecule has 3 nitrogen and oxygen atoms in total. The van der Waals surface area contributed by atoms with Crippen molar-refractivity contribution >= 4 is 16.7 Å². The molecule has 0 fully saturated rings.